The Balaban J connectivity index is 1.28. The molecule has 0 amide bonds. The van der Waals surface area contributed by atoms with E-state index >= 15 is 0 Å². The van der Waals surface area contributed by atoms with Crippen LogP contribution in [0.3, 0.4) is 0 Å². The van der Waals surface area contributed by atoms with Gasteiger partial charge in [0.15, 0.2) is 0 Å². The molecular weight excluding hydrogens is 354 g/mol. The van der Waals surface area contributed by atoms with Crippen LogP contribution >= 0.6 is 0 Å². The van der Waals surface area contributed by atoms with E-state index < -0.39 is 0 Å². The SMILES string of the molecule is CN(C)C1(c2ccccc2)CCC(N2CCC(c3c[nH]c4ccccc34)C2)CC1. The quantitative estimate of drug-likeness (QED) is 0.651. The predicted octanol–water partition coefficient (Wildman–Crippen LogP) is 5.36. The van der Waals surface area contributed by atoms with Gasteiger partial charge >= 0.3 is 0 Å². The van der Waals surface area contributed by atoms with Crippen molar-refractivity contribution in [1.29, 1.82) is 0 Å². The molecule has 1 aromatic heterocycles. The van der Waals surface area contributed by atoms with Gasteiger partial charge in [-0.15, -0.1) is 0 Å². The number of hydrogen-bond acceptors (Lipinski definition) is 2. The van der Waals surface area contributed by atoms with Gasteiger partial charge < -0.3 is 4.98 Å². The highest BCUT2D eigenvalue weighted by atomic mass is 15.2. The molecule has 2 fully saturated rings. The minimum atomic E-state index is 0.202. The Morgan fingerprint density at radius 1 is 0.931 bits per heavy atom. The van der Waals surface area contributed by atoms with Crippen LogP contribution in [0, 0.1) is 0 Å². The van der Waals surface area contributed by atoms with E-state index in [9.17, 15) is 0 Å². The van der Waals surface area contributed by atoms with Gasteiger partial charge in [0.2, 0.25) is 0 Å². The highest BCUT2D eigenvalue weighted by molar-refractivity contribution is 5.83. The van der Waals surface area contributed by atoms with E-state index in [0.29, 0.717) is 5.92 Å². The molecule has 1 N–H and O–H groups in total. The fraction of sp³-hybridized carbons (Fsp3) is 0.462. The summed E-state index contributed by atoms with van der Waals surface area (Å²) < 4.78 is 0. The molecule has 1 saturated heterocycles. The third-order valence-electron chi connectivity index (χ3n) is 7.75. The summed E-state index contributed by atoms with van der Waals surface area (Å²) in [6, 6.07) is 20.7. The molecule has 1 aliphatic carbocycles. The van der Waals surface area contributed by atoms with Crippen LogP contribution in [0.15, 0.2) is 60.8 Å². The number of aromatic nitrogens is 1. The molecule has 0 bridgehead atoms. The smallest absolute Gasteiger partial charge is 0.0456 e. The minimum Gasteiger partial charge on any atom is -0.361 e. The average Bonchev–Trinajstić information content (AvgIpc) is 3.41. The summed E-state index contributed by atoms with van der Waals surface area (Å²) in [6.07, 6.45) is 8.65. The molecule has 3 aromatic rings. The number of nitrogens with zero attached hydrogens (tertiary/aromatic N) is 2. The molecule has 1 saturated carbocycles. The maximum absolute atomic E-state index is 3.48. The lowest BCUT2D eigenvalue weighted by Gasteiger charge is -2.47. The molecule has 1 unspecified atom stereocenters. The molecule has 0 spiro atoms. The fourth-order valence-corrected chi connectivity index (χ4v) is 5.99. The second-order valence-electron chi connectivity index (χ2n) is 9.29. The molecule has 3 nitrogen and oxygen atoms in total. The van der Waals surface area contributed by atoms with E-state index in [1.165, 1.54) is 67.2 Å². The number of nitrogens with one attached hydrogen (secondary N) is 1. The highest BCUT2D eigenvalue weighted by Crippen LogP contribution is 2.43. The molecule has 1 atom stereocenters. The van der Waals surface area contributed by atoms with Crippen LogP contribution < -0.4 is 0 Å². The minimum absolute atomic E-state index is 0.202. The van der Waals surface area contributed by atoms with Gasteiger partial charge in [-0.05, 0) is 75.9 Å². The average molecular weight is 388 g/mol. The molecule has 29 heavy (non-hydrogen) atoms. The Morgan fingerprint density at radius 2 is 1.66 bits per heavy atom. The number of likely N-dealkylation sites (tertiary alicyclic amines) is 1. The van der Waals surface area contributed by atoms with Gasteiger partial charge in [-0.3, -0.25) is 9.80 Å². The maximum atomic E-state index is 3.48. The molecular formula is C26H33N3. The van der Waals surface area contributed by atoms with Gasteiger partial charge in [-0.1, -0.05) is 48.5 Å². The van der Waals surface area contributed by atoms with Crippen LogP contribution in [-0.4, -0.2) is 48.0 Å². The van der Waals surface area contributed by atoms with Crippen LogP contribution in [0.5, 0.6) is 0 Å². The third-order valence-corrected chi connectivity index (χ3v) is 7.75. The number of benzene rings is 2. The van der Waals surface area contributed by atoms with Crippen LogP contribution in [0.2, 0.25) is 0 Å². The monoisotopic (exact) mass is 387 g/mol. The lowest BCUT2D eigenvalue weighted by Crippen LogP contribution is -2.48. The summed E-state index contributed by atoms with van der Waals surface area (Å²) in [6.45, 7) is 2.46. The van der Waals surface area contributed by atoms with E-state index in [4.69, 9.17) is 0 Å². The van der Waals surface area contributed by atoms with E-state index in [1.54, 1.807) is 0 Å². The molecule has 2 aliphatic rings. The zero-order valence-corrected chi connectivity index (χ0v) is 17.8. The Hall–Kier alpha value is -2.10. The Kier molecular flexibility index (Phi) is 4.97. The standard InChI is InChI=1S/C26H33N3/c1-28(2)26(21-8-4-3-5-9-21)15-12-22(13-16-26)29-17-14-20(19-29)24-18-27-25-11-7-6-10-23(24)25/h3-11,18,20,22,27H,12-17,19H2,1-2H3. The number of aromatic amines is 1. The summed E-state index contributed by atoms with van der Waals surface area (Å²) in [5.74, 6) is 0.667. The first-order valence-electron chi connectivity index (χ1n) is 11.2. The Labute approximate surface area is 174 Å². The zero-order valence-electron chi connectivity index (χ0n) is 17.8. The van der Waals surface area contributed by atoms with Crippen molar-refractivity contribution in [2.45, 2.75) is 49.6 Å². The number of H-pyrrole nitrogens is 1. The first-order chi connectivity index (χ1) is 14.2. The van der Waals surface area contributed by atoms with E-state index in [0.717, 1.165) is 6.04 Å². The van der Waals surface area contributed by atoms with Crippen molar-refractivity contribution in [1.82, 2.24) is 14.8 Å². The lowest BCUT2D eigenvalue weighted by atomic mass is 9.73. The van der Waals surface area contributed by atoms with Gasteiger partial charge in [0.25, 0.3) is 0 Å². The van der Waals surface area contributed by atoms with Gasteiger partial charge in [-0.25, -0.2) is 0 Å². The van der Waals surface area contributed by atoms with Gasteiger partial charge in [0.1, 0.15) is 0 Å². The number of para-hydroxylation sites is 1. The predicted molar refractivity (Wildman–Crippen MR) is 121 cm³/mol. The summed E-state index contributed by atoms with van der Waals surface area (Å²) in [7, 11) is 4.52. The summed E-state index contributed by atoms with van der Waals surface area (Å²) in [4.78, 5) is 8.74. The van der Waals surface area contributed by atoms with Gasteiger partial charge in [-0.2, -0.15) is 0 Å². The van der Waals surface area contributed by atoms with E-state index in [2.05, 4.69) is 89.7 Å². The first kappa shape index (κ1) is 18.9. The Morgan fingerprint density at radius 3 is 2.41 bits per heavy atom. The summed E-state index contributed by atoms with van der Waals surface area (Å²) in [5, 5.41) is 1.42. The van der Waals surface area contributed by atoms with Crippen LogP contribution in [0.25, 0.3) is 10.9 Å². The normalized spacial score (nSPS) is 28.4. The summed E-state index contributed by atoms with van der Waals surface area (Å²) >= 11 is 0. The zero-order chi connectivity index (χ0) is 19.8. The van der Waals surface area contributed by atoms with Crippen LogP contribution in [0.1, 0.15) is 49.1 Å². The van der Waals surface area contributed by atoms with E-state index in [-0.39, 0.29) is 5.54 Å². The number of hydrogen-bond donors (Lipinski definition) is 1. The first-order valence-corrected chi connectivity index (χ1v) is 11.2. The Bertz CT molecular complexity index is 950. The van der Waals surface area contributed by atoms with E-state index in [1.807, 2.05) is 0 Å². The van der Waals surface area contributed by atoms with Crippen molar-refractivity contribution in [2.24, 2.45) is 0 Å². The maximum Gasteiger partial charge on any atom is 0.0456 e. The second-order valence-corrected chi connectivity index (χ2v) is 9.29. The molecule has 2 heterocycles. The fourth-order valence-electron chi connectivity index (χ4n) is 5.99. The van der Waals surface area contributed by atoms with Crippen molar-refractivity contribution in [2.75, 3.05) is 27.2 Å². The molecule has 2 aromatic carbocycles. The lowest BCUT2D eigenvalue weighted by molar-refractivity contribution is 0.0564. The molecule has 152 valence electrons. The van der Waals surface area contributed by atoms with Gasteiger partial charge in [0.05, 0.1) is 0 Å². The van der Waals surface area contributed by atoms with Crippen molar-refractivity contribution in [3.63, 3.8) is 0 Å². The number of fused-ring (bicyclic) bond motifs is 1. The van der Waals surface area contributed by atoms with Gasteiger partial charge in [0, 0.05) is 35.2 Å². The molecule has 5 rings (SSSR count). The van der Waals surface area contributed by atoms with Crippen molar-refractivity contribution in [3.8, 4) is 0 Å². The third kappa shape index (κ3) is 3.31. The second kappa shape index (κ2) is 7.62. The molecule has 3 heteroatoms. The largest absolute Gasteiger partial charge is 0.361 e. The van der Waals surface area contributed by atoms with Crippen LogP contribution in [0.4, 0.5) is 0 Å². The van der Waals surface area contributed by atoms with Crippen molar-refractivity contribution < 1.29 is 0 Å². The summed E-state index contributed by atoms with van der Waals surface area (Å²) in [5.41, 5.74) is 4.48. The highest BCUT2D eigenvalue weighted by Gasteiger charge is 2.41. The topological polar surface area (TPSA) is 22.3 Å². The molecule has 0 radical (unpaired) electrons. The van der Waals surface area contributed by atoms with Crippen molar-refractivity contribution in [3.05, 3.63) is 71.9 Å². The van der Waals surface area contributed by atoms with Crippen molar-refractivity contribution >= 4 is 10.9 Å². The van der Waals surface area contributed by atoms with Crippen LogP contribution in [-0.2, 0) is 5.54 Å². The molecule has 1 aliphatic heterocycles. The number of rotatable bonds is 4.